The van der Waals surface area contributed by atoms with Gasteiger partial charge >= 0.3 is 0 Å². The van der Waals surface area contributed by atoms with E-state index in [-0.39, 0.29) is 5.92 Å². The predicted octanol–water partition coefficient (Wildman–Crippen LogP) is 3.09. The Bertz CT molecular complexity index is 519. The van der Waals surface area contributed by atoms with Gasteiger partial charge in [-0.3, -0.25) is 0 Å². The third-order valence-corrected chi connectivity index (χ3v) is 3.36. The number of aliphatic hydroxyl groups is 1. The summed E-state index contributed by atoms with van der Waals surface area (Å²) in [6, 6.07) is 11.2. The molecule has 2 atom stereocenters. The van der Waals surface area contributed by atoms with Gasteiger partial charge in [0.15, 0.2) is 0 Å². The van der Waals surface area contributed by atoms with Crippen molar-refractivity contribution in [2.45, 2.75) is 25.9 Å². The molecule has 0 radical (unpaired) electrons. The van der Waals surface area contributed by atoms with Gasteiger partial charge in [-0.2, -0.15) is 0 Å². The second-order valence-corrected chi connectivity index (χ2v) is 5.58. The van der Waals surface area contributed by atoms with Gasteiger partial charge in [0, 0.05) is 12.5 Å². The average Bonchev–Trinajstić information content (AvgIpc) is 3.01. The number of hydrogen-bond donors (Lipinski definition) is 2. The summed E-state index contributed by atoms with van der Waals surface area (Å²) in [5, 5.41) is 10.4. The zero-order chi connectivity index (χ0) is 15.2. The average molecular weight is 289 g/mol. The molecule has 0 saturated carbocycles. The topological polar surface area (TPSA) is 68.6 Å². The lowest BCUT2D eigenvalue weighted by Gasteiger charge is -2.20. The van der Waals surface area contributed by atoms with Gasteiger partial charge in [-0.15, -0.1) is 0 Å². The fourth-order valence-corrected chi connectivity index (χ4v) is 2.18. The maximum atomic E-state index is 10.4. The summed E-state index contributed by atoms with van der Waals surface area (Å²) in [5.74, 6) is 1.65. The van der Waals surface area contributed by atoms with Gasteiger partial charge in [0.2, 0.25) is 0 Å². The van der Waals surface area contributed by atoms with Crippen LogP contribution in [0.25, 0.3) is 0 Å². The Morgan fingerprint density at radius 3 is 2.43 bits per heavy atom. The summed E-state index contributed by atoms with van der Waals surface area (Å²) < 4.78 is 10.9. The van der Waals surface area contributed by atoms with E-state index in [4.69, 9.17) is 14.9 Å². The van der Waals surface area contributed by atoms with Gasteiger partial charge in [0.25, 0.3) is 0 Å². The molecule has 0 spiro atoms. The van der Waals surface area contributed by atoms with Crippen molar-refractivity contribution in [3.8, 4) is 5.75 Å². The van der Waals surface area contributed by atoms with Crippen molar-refractivity contribution >= 4 is 0 Å². The van der Waals surface area contributed by atoms with E-state index >= 15 is 0 Å². The van der Waals surface area contributed by atoms with Gasteiger partial charge in [0.1, 0.15) is 17.6 Å². The van der Waals surface area contributed by atoms with Crippen LogP contribution >= 0.6 is 0 Å². The van der Waals surface area contributed by atoms with Crippen LogP contribution in [0, 0.1) is 5.92 Å². The quantitative estimate of drug-likeness (QED) is 0.822. The van der Waals surface area contributed by atoms with Crippen LogP contribution in [0.1, 0.15) is 37.2 Å². The molecule has 0 aliphatic rings. The van der Waals surface area contributed by atoms with Gasteiger partial charge in [0.05, 0.1) is 12.9 Å². The Labute approximate surface area is 125 Å². The summed E-state index contributed by atoms with van der Waals surface area (Å²) in [7, 11) is 0. The first-order valence-corrected chi connectivity index (χ1v) is 7.26. The molecule has 0 fully saturated rings. The van der Waals surface area contributed by atoms with Gasteiger partial charge in [-0.05, 0) is 35.7 Å². The minimum atomic E-state index is -0.743. The molecule has 21 heavy (non-hydrogen) atoms. The fraction of sp³-hybridized carbons (Fsp3) is 0.412. The lowest BCUT2D eigenvalue weighted by atomic mass is 9.92. The van der Waals surface area contributed by atoms with Gasteiger partial charge in [-0.1, -0.05) is 26.0 Å². The third kappa shape index (κ3) is 4.09. The van der Waals surface area contributed by atoms with E-state index in [1.54, 1.807) is 18.4 Å². The first-order chi connectivity index (χ1) is 10.1. The molecule has 0 saturated heterocycles. The molecule has 3 N–H and O–H groups in total. The maximum Gasteiger partial charge on any atom is 0.132 e. The molecule has 0 amide bonds. The van der Waals surface area contributed by atoms with E-state index in [1.165, 1.54) is 0 Å². The molecule has 4 nitrogen and oxygen atoms in total. The Kier molecular flexibility index (Phi) is 5.42. The van der Waals surface area contributed by atoms with Crippen molar-refractivity contribution in [3.05, 3.63) is 54.0 Å². The summed E-state index contributed by atoms with van der Waals surface area (Å²) in [6.45, 7) is 5.25. The van der Waals surface area contributed by atoms with E-state index in [0.717, 1.165) is 11.3 Å². The summed E-state index contributed by atoms with van der Waals surface area (Å²) in [4.78, 5) is 0. The van der Waals surface area contributed by atoms with Crippen LogP contribution in [0.5, 0.6) is 5.75 Å². The van der Waals surface area contributed by atoms with E-state index in [9.17, 15) is 5.11 Å². The number of nitrogens with two attached hydrogens (primary N) is 1. The molecular formula is C17H23NO3. The van der Waals surface area contributed by atoms with E-state index < -0.39 is 6.10 Å². The van der Waals surface area contributed by atoms with Crippen molar-refractivity contribution in [3.63, 3.8) is 0 Å². The lowest BCUT2D eigenvalue weighted by Crippen LogP contribution is -2.19. The minimum absolute atomic E-state index is 0.199. The van der Waals surface area contributed by atoms with Crippen LogP contribution in [-0.2, 0) is 0 Å². The van der Waals surface area contributed by atoms with Crippen LogP contribution in [0.3, 0.4) is 0 Å². The number of furan rings is 1. The summed E-state index contributed by atoms with van der Waals surface area (Å²) in [5.41, 5.74) is 6.79. The lowest BCUT2D eigenvalue weighted by molar-refractivity contribution is 0.122. The van der Waals surface area contributed by atoms with Crippen molar-refractivity contribution in [1.82, 2.24) is 0 Å². The van der Waals surface area contributed by atoms with Crippen molar-refractivity contribution < 1.29 is 14.3 Å². The standard InChI is InChI=1S/C17H23NO3/c1-12(2)11-21-14-7-5-13(6-8-14)15(10-18)17(19)16-4-3-9-20-16/h3-9,12,15,17,19H,10-11,18H2,1-2H3. The first-order valence-electron chi connectivity index (χ1n) is 7.26. The molecule has 4 heteroatoms. The first kappa shape index (κ1) is 15.6. The number of rotatable bonds is 7. The molecule has 0 aliphatic heterocycles. The third-order valence-electron chi connectivity index (χ3n) is 3.36. The highest BCUT2D eigenvalue weighted by Crippen LogP contribution is 2.31. The zero-order valence-corrected chi connectivity index (χ0v) is 12.5. The SMILES string of the molecule is CC(C)COc1ccc(C(CN)C(O)c2ccco2)cc1. The van der Waals surface area contributed by atoms with Crippen LogP contribution < -0.4 is 10.5 Å². The molecule has 0 aliphatic carbocycles. The number of hydrogen-bond acceptors (Lipinski definition) is 4. The molecule has 2 rings (SSSR count). The van der Waals surface area contributed by atoms with Crippen LogP contribution in [0.15, 0.2) is 47.1 Å². The van der Waals surface area contributed by atoms with Crippen molar-refractivity contribution in [2.75, 3.05) is 13.2 Å². The molecule has 0 bridgehead atoms. The van der Waals surface area contributed by atoms with Crippen LogP contribution in [0.2, 0.25) is 0 Å². The Hall–Kier alpha value is -1.78. The zero-order valence-electron chi connectivity index (χ0n) is 12.5. The maximum absolute atomic E-state index is 10.4. The molecule has 1 heterocycles. The van der Waals surface area contributed by atoms with Crippen molar-refractivity contribution in [2.24, 2.45) is 11.7 Å². The van der Waals surface area contributed by atoms with Crippen LogP contribution in [-0.4, -0.2) is 18.3 Å². The Morgan fingerprint density at radius 2 is 1.90 bits per heavy atom. The fourth-order valence-electron chi connectivity index (χ4n) is 2.18. The van der Waals surface area contributed by atoms with Crippen LogP contribution in [0.4, 0.5) is 0 Å². The summed E-state index contributed by atoms with van der Waals surface area (Å²) in [6.07, 6.45) is 0.807. The molecule has 1 aromatic heterocycles. The number of benzene rings is 1. The minimum Gasteiger partial charge on any atom is -0.493 e. The monoisotopic (exact) mass is 289 g/mol. The smallest absolute Gasteiger partial charge is 0.132 e. The molecule has 114 valence electrons. The second-order valence-electron chi connectivity index (χ2n) is 5.58. The normalized spacial score (nSPS) is 14.1. The highest BCUT2D eigenvalue weighted by atomic mass is 16.5. The predicted molar refractivity (Wildman–Crippen MR) is 82.2 cm³/mol. The number of ether oxygens (including phenoxy) is 1. The van der Waals surface area contributed by atoms with E-state index in [0.29, 0.717) is 24.8 Å². The molecule has 2 aromatic rings. The van der Waals surface area contributed by atoms with E-state index in [2.05, 4.69) is 13.8 Å². The highest BCUT2D eigenvalue weighted by Gasteiger charge is 2.23. The summed E-state index contributed by atoms with van der Waals surface area (Å²) >= 11 is 0. The Morgan fingerprint density at radius 1 is 1.19 bits per heavy atom. The number of aliphatic hydroxyl groups excluding tert-OH is 1. The van der Waals surface area contributed by atoms with Crippen molar-refractivity contribution in [1.29, 1.82) is 0 Å². The van der Waals surface area contributed by atoms with E-state index in [1.807, 2.05) is 24.3 Å². The second kappa shape index (κ2) is 7.29. The molecule has 2 unspecified atom stereocenters. The highest BCUT2D eigenvalue weighted by molar-refractivity contribution is 5.31. The van der Waals surface area contributed by atoms with Gasteiger partial charge < -0.3 is 20.0 Å². The van der Waals surface area contributed by atoms with Gasteiger partial charge in [-0.25, -0.2) is 0 Å². The molecular weight excluding hydrogens is 266 g/mol. The Balaban J connectivity index is 2.08. The largest absolute Gasteiger partial charge is 0.493 e. The molecule has 1 aromatic carbocycles.